The SMILES string of the molecule is CCNc1nc(Cl)nc(N2CCC(C)C(OC)C2)n1. The molecular weight excluding hydrogens is 266 g/mol. The lowest BCUT2D eigenvalue weighted by atomic mass is 9.96. The van der Waals surface area contributed by atoms with E-state index in [4.69, 9.17) is 16.3 Å². The molecular formula is C12H20ClN5O. The number of nitrogens with zero attached hydrogens (tertiary/aromatic N) is 4. The molecule has 2 atom stereocenters. The van der Waals surface area contributed by atoms with Gasteiger partial charge in [0.05, 0.1) is 6.10 Å². The van der Waals surface area contributed by atoms with Crippen LogP contribution >= 0.6 is 11.6 Å². The fourth-order valence-corrected chi connectivity index (χ4v) is 2.40. The van der Waals surface area contributed by atoms with Crippen molar-refractivity contribution in [2.75, 3.05) is 37.0 Å². The Morgan fingerprint density at radius 2 is 2.21 bits per heavy atom. The average Bonchev–Trinajstić information content (AvgIpc) is 2.39. The summed E-state index contributed by atoms with van der Waals surface area (Å²) in [6.07, 6.45) is 1.25. The van der Waals surface area contributed by atoms with E-state index >= 15 is 0 Å². The molecule has 0 saturated carbocycles. The van der Waals surface area contributed by atoms with Crippen molar-refractivity contribution in [1.29, 1.82) is 0 Å². The molecule has 1 aromatic heterocycles. The predicted molar refractivity (Wildman–Crippen MR) is 75.8 cm³/mol. The van der Waals surface area contributed by atoms with Gasteiger partial charge in [0, 0.05) is 26.7 Å². The summed E-state index contributed by atoms with van der Waals surface area (Å²) in [6.45, 7) is 6.63. The molecule has 2 rings (SSSR count). The molecule has 6 nitrogen and oxygen atoms in total. The van der Waals surface area contributed by atoms with Crippen LogP contribution in [0.25, 0.3) is 0 Å². The Bertz CT molecular complexity index is 431. The smallest absolute Gasteiger partial charge is 0.231 e. The summed E-state index contributed by atoms with van der Waals surface area (Å²) in [7, 11) is 1.75. The van der Waals surface area contributed by atoms with Gasteiger partial charge in [0.25, 0.3) is 0 Å². The maximum Gasteiger partial charge on any atom is 0.231 e. The number of piperidine rings is 1. The minimum Gasteiger partial charge on any atom is -0.379 e. The largest absolute Gasteiger partial charge is 0.379 e. The fourth-order valence-electron chi connectivity index (χ4n) is 2.24. The Morgan fingerprint density at radius 1 is 1.42 bits per heavy atom. The molecule has 0 bridgehead atoms. The number of hydrogen-bond acceptors (Lipinski definition) is 6. The minimum absolute atomic E-state index is 0.201. The molecule has 106 valence electrons. The van der Waals surface area contributed by atoms with Gasteiger partial charge in [0.2, 0.25) is 17.2 Å². The van der Waals surface area contributed by atoms with Gasteiger partial charge >= 0.3 is 0 Å². The number of ether oxygens (including phenoxy) is 1. The molecule has 0 amide bonds. The van der Waals surface area contributed by atoms with Crippen molar-refractivity contribution in [3.63, 3.8) is 0 Å². The molecule has 2 heterocycles. The van der Waals surface area contributed by atoms with Gasteiger partial charge < -0.3 is 15.0 Å². The quantitative estimate of drug-likeness (QED) is 0.910. The molecule has 0 spiro atoms. The number of rotatable bonds is 4. The van der Waals surface area contributed by atoms with Crippen molar-refractivity contribution in [2.24, 2.45) is 5.92 Å². The van der Waals surface area contributed by atoms with Crippen LogP contribution < -0.4 is 10.2 Å². The van der Waals surface area contributed by atoms with Gasteiger partial charge in [-0.15, -0.1) is 0 Å². The van der Waals surface area contributed by atoms with E-state index in [1.807, 2.05) is 6.92 Å². The zero-order chi connectivity index (χ0) is 13.8. The van der Waals surface area contributed by atoms with Crippen LogP contribution in [0.3, 0.4) is 0 Å². The van der Waals surface area contributed by atoms with E-state index in [0.717, 1.165) is 26.1 Å². The van der Waals surface area contributed by atoms with Crippen molar-refractivity contribution < 1.29 is 4.74 Å². The van der Waals surface area contributed by atoms with Crippen molar-refractivity contribution in [1.82, 2.24) is 15.0 Å². The summed E-state index contributed by atoms with van der Waals surface area (Å²) in [5.74, 6) is 1.68. The molecule has 0 aromatic carbocycles. The van der Waals surface area contributed by atoms with E-state index in [2.05, 4.69) is 32.1 Å². The van der Waals surface area contributed by atoms with Crippen molar-refractivity contribution >= 4 is 23.5 Å². The molecule has 0 radical (unpaired) electrons. The van der Waals surface area contributed by atoms with Gasteiger partial charge in [0.1, 0.15) is 0 Å². The molecule has 1 saturated heterocycles. The first-order valence-electron chi connectivity index (χ1n) is 6.57. The highest BCUT2D eigenvalue weighted by molar-refractivity contribution is 6.28. The highest BCUT2D eigenvalue weighted by atomic mass is 35.5. The molecule has 1 N–H and O–H groups in total. The van der Waals surface area contributed by atoms with Gasteiger partial charge in [-0.05, 0) is 30.9 Å². The number of methoxy groups -OCH3 is 1. The van der Waals surface area contributed by atoms with Crippen LogP contribution in [0.4, 0.5) is 11.9 Å². The predicted octanol–water partition coefficient (Wildman–Crippen LogP) is 1.82. The first-order valence-corrected chi connectivity index (χ1v) is 6.95. The summed E-state index contributed by atoms with van der Waals surface area (Å²) in [5.41, 5.74) is 0. The number of anilines is 2. The Kier molecular flexibility index (Phi) is 4.76. The van der Waals surface area contributed by atoms with Crippen molar-refractivity contribution in [3.8, 4) is 0 Å². The minimum atomic E-state index is 0.201. The molecule has 1 fully saturated rings. The summed E-state index contributed by atoms with van der Waals surface area (Å²) in [6, 6.07) is 0. The second kappa shape index (κ2) is 6.34. The van der Waals surface area contributed by atoms with Crippen LogP contribution in [0, 0.1) is 5.92 Å². The lowest BCUT2D eigenvalue weighted by Gasteiger charge is -2.36. The second-order valence-corrected chi connectivity index (χ2v) is 5.08. The Balaban J connectivity index is 2.17. The number of halogens is 1. The van der Waals surface area contributed by atoms with Gasteiger partial charge in [-0.1, -0.05) is 6.92 Å². The van der Waals surface area contributed by atoms with Crippen LogP contribution in [0.5, 0.6) is 0 Å². The number of aromatic nitrogens is 3. The molecule has 0 aliphatic carbocycles. The maximum absolute atomic E-state index is 5.94. The lowest BCUT2D eigenvalue weighted by Crippen LogP contribution is -2.44. The van der Waals surface area contributed by atoms with Crippen molar-refractivity contribution in [2.45, 2.75) is 26.4 Å². The van der Waals surface area contributed by atoms with Gasteiger partial charge in [-0.2, -0.15) is 15.0 Å². The van der Waals surface area contributed by atoms with E-state index in [-0.39, 0.29) is 11.4 Å². The molecule has 1 aliphatic rings. The average molecular weight is 286 g/mol. The highest BCUT2D eigenvalue weighted by Gasteiger charge is 2.27. The van der Waals surface area contributed by atoms with E-state index in [9.17, 15) is 0 Å². The Labute approximate surface area is 118 Å². The van der Waals surface area contributed by atoms with E-state index in [1.165, 1.54) is 0 Å². The molecule has 7 heteroatoms. The third kappa shape index (κ3) is 3.45. The third-order valence-corrected chi connectivity index (χ3v) is 3.58. The normalized spacial score (nSPS) is 23.5. The zero-order valence-corrected chi connectivity index (χ0v) is 12.3. The van der Waals surface area contributed by atoms with Gasteiger partial charge in [0.15, 0.2) is 0 Å². The maximum atomic E-state index is 5.94. The molecule has 1 aliphatic heterocycles. The van der Waals surface area contributed by atoms with E-state index in [0.29, 0.717) is 17.8 Å². The summed E-state index contributed by atoms with van der Waals surface area (Å²) >= 11 is 5.94. The lowest BCUT2D eigenvalue weighted by molar-refractivity contribution is 0.0494. The fraction of sp³-hybridized carbons (Fsp3) is 0.750. The third-order valence-electron chi connectivity index (χ3n) is 3.41. The first kappa shape index (κ1) is 14.3. The van der Waals surface area contributed by atoms with E-state index in [1.54, 1.807) is 7.11 Å². The second-order valence-electron chi connectivity index (χ2n) is 4.74. The van der Waals surface area contributed by atoms with Gasteiger partial charge in [-0.25, -0.2) is 0 Å². The van der Waals surface area contributed by atoms with Crippen LogP contribution in [0.1, 0.15) is 20.3 Å². The summed E-state index contributed by atoms with van der Waals surface area (Å²) in [4.78, 5) is 14.7. The van der Waals surface area contributed by atoms with E-state index < -0.39 is 0 Å². The van der Waals surface area contributed by atoms with Crippen LogP contribution in [0.15, 0.2) is 0 Å². The van der Waals surface area contributed by atoms with Crippen molar-refractivity contribution in [3.05, 3.63) is 5.28 Å². The zero-order valence-electron chi connectivity index (χ0n) is 11.6. The van der Waals surface area contributed by atoms with Crippen LogP contribution in [-0.4, -0.2) is 47.8 Å². The number of nitrogens with one attached hydrogen (secondary N) is 1. The molecule has 1 aromatic rings. The Morgan fingerprint density at radius 3 is 2.89 bits per heavy atom. The monoisotopic (exact) mass is 285 g/mol. The van der Waals surface area contributed by atoms with Crippen LogP contribution in [-0.2, 0) is 4.74 Å². The first-order chi connectivity index (χ1) is 9.13. The van der Waals surface area contributed by atoms with Gasteiger partial charge in [-0.3, -0.25) is 0 Å². The molecule has 19 heavy (non-hydrogen) atoms. The van der Waals surface area contributed by atoms with Crippen LogP contribution in [0.2, 0.25) is 5.28 Å². The molecule has 2 unspecified atom stereocenters. The Hall–Kier alpha value is -1.14. The number of hydrogen-bond donors (Lipinski definition) is 1. The summed E-state index contributed by atoms with van der Waals surface area (Å²) < 4.78 is 5.50. The highest BCUT2D eigenvalue weighted by Crippen LogP contribution is 2.23. The topological polar surface area (TPSA) is 63.2 Å². The standard InChI is InChI=1S/C12H20ClN5O/c1-4-14-11-15-10(13)16-12(17-11)18-6-5-8(2)9(7-18)19-3/h8-9H,4-7H2,1-3H3,(H,14,15,16,17). The summed E-state index contributed by atoms with van der Waals surface area (Å²) in [5, 5.41) is 3.27.